The number of nitrogens with one attached hydrogen (secondary N) is 2. The van der Waals surface area contributed by atoms with E-state index in [4.69, 9.17) is 0 Å². The lowest BCUT2D eigenvalue weighted by atomic mass is 10.0. The normalized spacial score (nSPS) is 12.7. The Morgan fingerprint density at radius 3 is 2.29 bits per heavy atom. The molecule has 8 nitrogen and oxygen atoms in total. The Balaban J connectivity index is 1.73. The Labute approximate surface area is 163 Å². The Morgan fingerprint density at radius 1 is 1.04 bits per heavy atom. The lowest BCUT2D eigenvalue weighted by Crippen LogP contribution is -2.47. The summed E-state index contributed by atoms with van der Waals surface area (Å²) < 4.78 is 29.2. The first-order valence-corrected chi connectivity index (χ1v) is 10.2. The highest BCUT2D eigenvalue weighted by atomic mass is 32.2. The van der Waals surface area contributed by atoms with Crippen LogP contribution in [0.3, 0.4) is 0 Å². The van der Waals surface area contributed by atoms with Crippen LogP contribution in [0.4, 0.5) is 5.69 Å². The summed E-state index contributed by atoms with van der Waals surface area (Å²) in [5, 5.41) is 6.80. The molecule has 0 radical (unpaired) electrons. The fourth-order valence-electron chi connectivity index (χ4n) is 2.59. The second-order valence-electron chi connectivity index (χ2n) is 6.53. The number of carbonyl (C=O) groups excluding carboxylic acids is 1. The number of sulfonamides is 1. The van der Waals surface area contributed by atoms with Gasteiger partial charge in [0.05, 0.1) is 10.6 Å². The third-order valence-corrected chi connectivity index (χ3v) is 5.56. The summed E-state index contributed by atoms with van der Waals surface area (Å²) in [5.41, 5.74) is 1.35. The Hall–Kier alpha value is -3.04. The molecule has 0 aliphatic heterocycles. The first-order valence-electron chi connectivity index (χ1n) is 8.70. The molecule has 0 aliphatic rings. The van der Waals surface area contributed by atoms with E-state index in [-0.39, 0.29) is 10.8 Å². The van der Waals surface area contributed by atoms with Crippen molar-refractivity contribution in [1.82, 2.24) is 19.5 Å². The quantitative estimate of drug-likeness (QED) is 0.634. The summed E-state index contributed by atoms with van der Waals surface area (Å²) >= 11 is 0. The number of carbonyl (C=O) groups is 1. The van der Waals surface area contributed by atoms with Crippen molar-refractivity contribution in [2.24, 2.45) is 5.92 Å². The van der Waals surface area contributed by atoms with Crippen LogP contribution in [0, 0.1) is 5.92 Å². The van der Waals surface area contributed by atoms with Crippen molar-refractivity contribution >= 4 is 21.6 Å². The summed E-state index contributed by atoms with van der Waals surface area (Å²) in [4.78, 5) is 16.7. The van der Waals surface area contributed by atoms with E-state index in [1.165, 1.54) is 18.5 Å². The van der Waals surface area contributed by atoms with Crippen LogP contribution in [0.5, 0.6) is 0 Å². The van der Waals surface area contributed by atoms with E-state index in [9.17, 15) is 13.2 Å². The van der Waals surface area contributed by atoms with Crippen LogP contribution in [0.1, 0.15) is 13.8 Å². The Kier molecular flexibility index (Phi) is 5.86. The van der Waals surface area contributed by atoms with E-state index in [1.54, 1.807) is 67.3 Å². The second-order valence-corrected chi connectivity index (χ2v) is 8.25. The maximum absolute atomic E-state index is 12.7. The highest BCUT2D eigenvalue weighted by Crippen LogP contribution is 2.16. The molecule has 9 heteroatoms. The Bertz CT molecular complexity index is 1020. The van der Waals surface area contributed by atoms with Gasteiger partial charge < -0.3 is 5.32 Å². The standard InChI is InChI=1S/C19H21N5O3S/c1-14(2)18(23-28(26,27)17-6-4-3-5-7-17)19(25)22-15-8-10-16(11-9-15)24-13-20-12-21-24/h3-14,18,23H,1-2H3,(H,22,25)/t18-/m1/s1. The molecule has 1 heterocycles. The van der Waals surface area contributed by atoms with Gasteiger partial charge in [0.1, 0.15) is 18.7 Å². The molecular formula is C19H21N5O3S. The van der Waals surface area contributed by atoms with Gasteiger partial charge in [-0.15, -0.1) is 0 Å². The van der Waals surface area contributed by atoms with E-state index < -0.39 is 22.0 Å². The van der Waals surface area contributed by atoms with Crippen LogP contribution >= 0.6 is 0 Å². The minimum Gasteiger partial charge on any atom is -0.325 e. The van der Waals surface area contributed by atoms with Gasteiger partial charge in [0, 0.05) is 5.69 Å². The zero-order chi connectivity index (χ0) is 20.1. The molecule has 0 saturated heterocycles. The fourth-order valence-corrected chi connectivity index (χ4v) is 3.95. The van der Waals surface area contributed by atoms with Gasteiger partial charge >= 0.3 is 0 Å². The predicted octanol–water partition coefficient (Wildman–Crippen LogP) is 2.21. The number of hydrogen-bond donors (Lipinski definition) is 2. The lowest BCUT2D eigenvalue weighted by molar-refractivity contribution is -0.118. The monoisotopic (exact) mass is 399 g/mol. The zero-order valence-electron chi connectivity index (χ0n) is 15.5. The molecule has 28 heavy (non-hydrogen) atoms. The number of anilines is 1. The molecule has 1 amide bonds. The number of nitrogens with zero attached hydrogens (tertiary/aromatic N) is 3. The van der Waals surface area contributed by atoms with E-state index >= 15 is 0 Å². The maximum atomic E-state index is 12.7. The SMILES string of the molecule is CC(C)[C@@H](NS(=O)(=O)c1ccccc1)C(=O)Nc1ccc(-n2cncn2)cc1. The van der Waals surface area contributed by atoms with Gasteiger partial charge in [0.2, 0.25) is 15.9 Å². The summed E-state index contributed by atoms with van der Waals surface area (Å²) in [6.07, 6.45) is 3.00. The van der Waals surface area contributed by atoms with Crippen LogP contribution < -0.4 is 10.0 Å². The molecule has 2 N–H and O–H groups in total. The molecule has 1 atom stereocenters. The molecule has 3 rings (SSSR count). The molecule has 0 unspecified atom stereocenters. The zero-order valence-corrected chi connectivity index (χ0v) is 16.3. The van der Waals surface area contributed by atoms with Crippen LogP contribution in [0.2, 0.25) is 0 Å². The minimum absolute atomic E-state index is 0.116. The van der Waals surface area contributed by atoms with E-state index in [2.05, 4.69) is 20.1 Å². The number of amides is 1. The van der Waals surface area contributed by atoms with Gasteiger partial charge in [-0.2, -0.15) is 9.82 Å². The lowest BCUT2D eigenvalue weighted by Gasteiger charge is -2.21. The van der Waals surface area contributed by atoms with Crippen molar-refractivity contribution in [3.8, 4) is 5.69 Å². The Morgan fingerprint density at radius 2 is 1.71 bits per heavy atom. The topological polar surface area (TPSA) is 106 Å². The molecule has 0 aliphatic carbocycles. The van der Waals surface area contributed by atoms with Crippen molar-refractivity contribution in [3.05, 3.63) is 67.3 Å². The number of rotatable bonds is 7. The maximum Gasteiger partial charge on any atom is 0.242 e. The van der Waals surface area contributed by atoms with Gasteiger partial charge in [-0.1, -0.05) is 32.0 Å². The molecular weight excluding hydrogens is 378 g/mol. The van der Waals surface area contributed by atoms with Crippen molar-refractivity contribution < 1.29 is 13.2 Å². The van der Waals surface area contributed by atoms with Gasteiger partial charge in [0.15, 0.2) is 0 Å². The largest absolute Gasteiger partial charge is 0.325 e. The van der Waals surface area contributed by atoms with Gasteiger partial charge in [-0.25, -0.2) is 18.1 Å². The van der Waals surface area contributed by atoms with Crippen LogP contribution in [0.25, 0.3) is 5.69 Å². The fraction of sp³-hybridized carbons (Fsp3) is 0.211. The summed E-state index contributed by atoms with van der Waals surface area (Å²) in [6, 6.07) is 14.1. The van der Waals surface area contributed by atoms with Gasteiger partial charge in [-0.05, 0) is 42.3 Å². The van der Waals surface area contributed by atoms with E-state index in [0.717, 1.165) is 5.69 Å². The summed E-state index contributed by atoms with van der Waals surface area (Å²) in [5.74, 6) is -0.670. The average Bonchev–Trinajstić information content (AvgIpc) is 3.22. The van der Waals surface area contributed by atoms with Crippen LogP contribution in [-0.4, -0.2) is 35.1 Å². The first kappa shape index (κ1) is 19.7. The van der Waals surface area contributed by atoms with Crippen LogP contribution in [-0.2, 0) is 14.8 Å². The van der Waals surface area contributed by atoms with Crippen LogP contribution in [0.15, 0.2) is 72.1 Å². The molecule has 0 saturated carbocycles. The third-order valence-electron chi connectivity index (χ3n) is 4.10. The predicted molar refractivity (Wildman–Crippen MR) is 105 cm³/mol. The second kappa shape index (κ2) is 8.32. The highest BCUT2D eigenvalue weighted by molar-refractivity contribution is 7.89. The molecule has 0 spiro atoms. The van der Waals surface area contributed by atoms with E-state index in [1.807, 2.05) is 0 Å². The number of hydrogen-bond acceptors (Lipinski definition) is 5. The minimum atomic E-state index is -3.81. The van der Waals surface area contributed by atoms with Gasteiger partial charge in [-0.3, -0.25) is 4.79 Å². The molecule has 146 valence electrons. The molecule has 2 aromatic carbocycles. The highest BCUT2D eigenvalue weighted by Gasteiger charge is 2.28. The van der Waals surface area contributed by atoms with E-state index in [0.29, 0.717) is 5.69 Å². The summed E-state index contributed by atoms with van der Waals surface area (Å²) in [7, 11) is -3.81. The third kappa shape index (κ3) is 4.62. The average molecular weight is 399 g/mol. The number of aromatic nitrogens is 3. The van der Waals surface area contributed by atoms with Crippen molar-refractivity contribution in [3.63, 3.8) is 0 Å². The van der Waals surface area contributed by atoms with Crippen molar-refractivity contribution in [2.45, 2.75) is 24.8 Å². The van der Waals surface area contributed by atoms with Gasteiger partial charge in [0.25, 0.3) is 0 Å². The number of benzene rings is 2. The molecule has 1 aromatic heterocycles. The first-order chi connectivity index (χ1) is 13.4. The molecule has 0 bridgehead atoms. The molecule has 0 fully saturated rings. The van der Waals surface area contributed by atoms with Crippen molar-refractivity contribution in [2.75, 3.05) is 5.32 Å². The smallest absolute Gasteiger partial charge is 0.242 e. The van der Waals surface area contributed by atoms with Crippen molar-refractivity contribution in [1.29, 1.82) is 0 Å². The molecule has 3 aromatic rings. The summed E-state index contributed by atoms with van der Waals surface area (Å²) in [6.45, 7) is 3.57.